The summed E-state index contributed by atoms with van der Waals surface area (Å²) >= 11 is 0. The lowest BCUT2D eigenvalue weighted by atomic mass is 9.92. The summed E-state index contributed by atoms with van der Waals surface area (Å²) in [5.41, 5.74) is 4.54. The van der Waals surface area contributed by atoms with E-state index >= 15 is 0 Å². The molecule has 1 saturated heterocycles. The van der Waals surface area contributed by atoms with Crippen molar-refractivity contribution < 1.29 is 9.59 Å². The Labute approximate surface area is 96.1 Å². The van der Waals surface area contributed by atoms with Crippen molar-refractivity contribution >= 4 is 11.8 Å². The van der Waals surface area contributed by atoms with E-state index in [4.69, 9.17) is 5.73 Å². The van der Waals surface area contributed by atoms with E-state index in [0.717, 1.165) is 19.4 Å². The zero-order chi connectivity index (χ0) is 12.2. The van der Waals surface area contributed by atoms with Gasteiger partial charge < -0.3 is 16.4 Å². The van der Waals surface area contributed by atoms with Crippen molar-refractivity contribution in [1.82, 2.24) is 10.6 Å². The standard InChI is InChI=1S/C11H21N3O2/c1-11(2,10(12)16)7-14-9(15)6-8-4-3-5-13-8/h8,13H,3-7H2,1-2H3,(H2,12,16)(H,14,15). The molecule has 92 valence electrons. The van der Waals surface area contributed by atoms with Crippen molar-refractivity contribution in [2.45, 2.75) is 39.2 Å². The van der Waals surface area contributed by atoms with Gasteiger partial charge >= 0.3 is 0 Å². The third-order valence-corrected chi connectivity index (χ3v) is 2.99. The highest BCUT2D eigenvalue weighted by atomic mass is 16.2. The Morgan fingerprint density at radius 3 is 2.69 bits per heavy atom. The number of hydrogen-bond acceptors (Lipinski definition) is 3. The Kier molecular flexibility index (Phi) is 4.29. The van der Waals surface area contributed by atoms with Gasteiger partial charge in [-0.2, -0.15) is 0 Å². The summed E-state index contributed by atoms with van der Waals surface area (Å²) in [6.07, 6.45) is 2.66. The predicted octanol–water partition coefficient (Wildman–Crippen LogP) is -0.244. The van der Waals surface area contributed by atoms with Crippen LogP contribution in [-0.4, -0.2) is 30.9 Å². The lowest BCUT2D eigenvalue weighted by Gasteiger charge is -2.21. The number of carbonyl (C=O) groups excluding carboxylic acids is 2. The molecule has 0 aliphatic carbocycles. The molecule has 1 aliphatic rings. The molecular weight excluding hydrogens is 206 g/mol. The van der Waals surface area contributed by atoms with Crippen LogP contribution in [0.1, 0.15) is 33.1 Å². The zero-order valence-corrected chi connectivity index (χ0v) is 10.0. The summed E-state index contributed by atoms with van der Waals surface area (Å²) in [4.78, 5) is 22.6. The van der Waals surface area contributed by atoms with Crippen LogP contribution in [0.2, 0.25) is 0 Å². The number of nitrogens with two attached hydrogens (primary N) is 1. The number of hydrogen-bond donors (Lipinski definition) is 3. The fourth-order valence-corrected chi connectivity index (χ4v) is 1.63. The molecule has 16 heavy (non-hydrogen) atoms. The Morgan fingerprint density at radius 2 is 2.19 bits per heavy atom. The van der Waals surface area contributed by atoms with E-state index in [2.05, 4.69) is 10.6 Å². The predicted molar refractivity (Wildman–Crippen MR) is 61.6 cm³/mol. The number of nitrogens with one attached hydrogen (secondary N) is 2. The van der Waals surface area contributed by atoms with E-state index in [1.54, 1.807) is 13.8 Å². The SMILES string of the molecule is CC(C)(CNC(=O)CC1CCCN1)C(N)=O. The van der Waals surface area contributed by atoms with Gasteiger partial charge in [-0.15, -0.1) is 0 Å². The topological polar surface area (TPSA) is 84.2 Å². The number of primary amides is 1. The second kappa shape index (κ2) is 5.30. The molecule has 0 aromatic rings. The van der Waals surface area contributed by atoms with Crippen molar-refractivity contribution in [2.75, 3.05) is 13.1 Å². The van der Waals surface area contributed by atoms with Gasteiger partial charge in [0.2, 0.25) is 11.8 Å². The molecule has 1 atom stereocenters. The summed E-state index contributed by atoms with van der Waals surface area (Å²) < 4.78 is 0. The van der Waals surface area contributed by atoms with Gasteiger partial charge in [0, 0.05) is 19.0 Å². The summed E-state index contributed by atoms with van der Waals surface area (Å²) in [5, 5.41) is 6.01. The van der Waals surface area contributed by atoms with Crippen LogP contribution < -0.4 is 16.4 Å². The van der Waals surface area contributed by atoms with Crippen LogP contribution in [0.5, 0.6) is 0 Å². The van der Waals surface area contributed by atoms with Crippen LogP contribution in [-0.2, 0) is 9.59 Å². The summed E-state index contributed by atoms with van der Waals surface area (Å²) in [6, 6.07) is 0.289. The quantitative estimate of drug-likeness (QED) is 0.606. The van der Waals surface area contributed by atoms with E-state index in [9.17, 15) is 9.59 Å². The molecule has 1 aliphatic heterocycles. The van der Waals surface area contributed by atoms with Crippen LogP contribution >= 0.6 is 0 Å². The smallest absolute Gasteiger partial charge is 0.224 e. The molecule has 1 rings (SSSR count). The molecule has 0 bridgehead atoms. The van der Waals surface area contributed by atoms with Crippen LogP contribution in [0.3, 0.4) is 0 Å². The van der Waals surface area contributed by atoms with Gasteiger partial charge in [-0.3, -0.25) is 9.59 Å². The summed E-state index contributed by atoms with van der Waals surface area (Å²) in [7, 11) is 0. The third-order valence-electron chi connectivity index (χ3n) is 2.99. The van der Waals surface area contributed by atoms with Crippen LogP contribution in [0, 0.1) is 5.41 Å². The van der Waals surface area contributed by atoms with Gasteiger partial charge in [-0.25, -0.2) is 0 Å². The number of rotatable bonds is 5. The second-order valence-corrected chi connectivity index (χ2v) is 5.02. The summed E-state index contributed by atoms with van der Waals surface area (Å²) in [6.45, 7) is 4.74. The fraction of sp³-hybridized carbons (Fsp3) is 0.818. The molecule has 5 nitrogen and oxygen atoms in total. The highest BCUT2D eigenvalue weighted by molar-refractivity contribution is 5.82. The van der Waals surface area contributed by atoms with Crippen LogP contribution in [0.15, 0.2) is 0 Å². The zero-order valence-electron chi connectivity index (χ0n) is 10.0. The first-order valence-corrected chi connectivity index (χ1v) is 5.72. The largest absolute Gasteiger partial charge is 0.369 e. The fourth-order valence-electron chi connectivity index (χ4n) is 1.63. The Balaban J connectivity index is 2.26. The minimum atomic E-state index is -0.682. The van der Waals surface area contributed by atoms with E-state index in [-0.39, 0.29) is 11.9 Å². The van der Waals surface area contributed by atoms with E-state index < -0.39 is 11.3 Å². The molecule has 0 saturated carbocycles. The van der Waals surface area contributed by atoms with Gasteiger partial charge in [0.05, 0.1) is 5.41 Å². The van der Waals surface area contributed by atoms with Gasteiger partial charge in [-0.05, 0) is 33.2 Å². The highest BCUT2D eigenvalue weighted by Crippen LogP contribution is 2.13. The van der Waals surface area contributed by atoms with Gasteiger partial charge in [0.15, 0.2) is 0 Å². The molecule has 0 aromatic heterocycles. The van der Waals surface area contributed by atoms with E-state index in [0.29, 0.717) is 13.0 Å². The monoisotopic (exact) mass is 227 g/mol. The average molecular weight is 227 g/mol. The van der Waals surface area contributed by atoms with Crippen LogP contribution in [0.25, 0.3) is 0 Å². The normalized spacial score (nSPS) is 20.8. The maximum Gasteiger partial charge on any atom is 0.224 e. The van der Waals surface area contributed by atoms with Crippen molar-refractivity contribution in [2.24, 2.45) is 11.1 Å². The first-order valence-electron chi connectivity index (χ1n) is 5.72. The lowest BCUT2D eigenvalue weighted by molar-refractivity contribution is -0.127. The minimum absolute atomic E-state index is 0.0197. The molecule has 4 N–H and O–H groups in total. The van der Waals surface area contributed by atoms with Gasteiger partial charge in [0.1, 0.15) is 0 Å². The molecule has 0 radical (unpaired) electrons. The molecule has 1 heterocycles. The van der Waals surface area contributed by atoms with Crippen molar-refractivity contribution in [1.29, 1.82) is 0 Å². The Morgan fingerprint density at radius 1 is 1.50 bits per heavy atom. The molecule has 2 amide bonds. The first kappa shape index (κ1) is 13.0. The number of amides is 2. The third kappa shape index (κ3) is 3.81. The summed E-state index contributed by atoms with van der Waals surface area (Å²) in [5.74, 6) is -0.416. The molecule has 1 unspecified atom stereocenters. The second-order valence-electron chi connectivity index (χ2n) is 5.02. The molecule has 0 spiro atoms. The first-order chi connectivity index (χ1) is 7.42. The maximum absolute atomic E-state index is 11.6. The minimum Gasteiger partial charge on any atom is -0.369 e. The molecule has 5 heteroatoms. The molecule has 0 aromatic carbocycles. The van der Waals surface area contributed by atoms with E-state index in [1.165, 1.54) is 0 Å². The lowest BCUT2D eigenvalue weighted by Crippen LogP contribution is -2.43. The van der Waals surface area contributed by atoms with Crippen LogP contribution in [0.4, 0.5) is 0 Å². The average Bonchev–Trinajstić information content (AvgIpc) is 2.67. The van der Waals surface area contributed by atoms with Crippen molar-refractivity contribution in [3.05, 3.63) is 0 Å². The van der Waals surface area contributed by atoms with Gasteiger partial charge in [-0.1, -0.05) is 0 Å². The molecular formula is C11H21N3O2. The van der Waals surface area contributed by atoms with Crippen molar-refractivity contribution in [3.8, 4) is 0 Å². The molecule has 1 fully saturated rings. The Bertz CT molecular complexity index is 270. The number of carbonyl (C=O) groups is 2. The maximum atomic E-state index is 11.6. The van der Waals surface area contributed by atoms with Gasteiger partial charge in [0.25, 0.3) is 0 Å². The van der Waals surface area contributed by atoms with E-state index in [1.807, 2.05) is 0 Å². The van der Waals surface area contributed by atoms with Crippen molar-refractivity contribution in [3.63, 3.8) is 0 Å². The Hall–Kier alpha value is -1.10. The highest BCUT2D eigenvalue weighted by Gasteiger charge is 2.26.